The Balaban J connectivity index is 2.10. The summed E-state index contributed by atoms with van der Waals surface area (Å²) in [6, 6.07) is 13.8. The fraction of sp³-hybridized carbons (Fsp3) is 0.294. The van der Waals surface area contributed by atoms with Crippen LogP contribution in [0.2, 0.25) is 0 Å². The van der Waals surface area contributed by atoms with Crippen LogP contribution in [0.3, 0.4) is 0 Å². The molecule has 0 saturated heterocycles. The molecule has 2 aromatic rings. The Bertz CT molecular complexity index is 598. The van der Waals surface area contributed by atoms with E-state index in [-0.39, 0.29) is 17.8 Å². The predicted octanol–water partition coefficient (Wildman–Crippen LogP) is 4.58. The van der Waals surface area contributed by atoms with E-state index in [2.05, 4.69) is 40.3 Å². The Kier molecular flexibility index (Phi) is 5.26. The highest BCUT2D eigenvalue weighted by Gasteiger charge is 2.14. The largest absolute Gasteiger partial charge is 0.507 e. The highest BCUT2D eigenvalue weighted by atomic mass is 79.9. The van der Waals surface area contributed by atoms with E-state index >= 15 is 0 Å². The Morgan fingerprint density at radius 2 is 1.71 bits per heavy atom. The van der Waals surface area contributed by atoms with Crippen LogP contribution in [-0.4, -0.2) is 12.2 Å². The zero-order chi connectivity index (χ0) is 15.4. The number of rotatable bonds is 5. The first kappa shape index (κ1) is 15.9. The van der Waals surface area contributed by atoms with E-state index in [1.54, 1.807) is 13.2 Å². The zero-order valence-corrected chi connectivity index (χ0v) is 14.0. The maximum Gasteiger partial charge on any atom is 0.124 e. The molecule has 0 amide bonds. The molecule has 0 heterocycles. The first-order valence-electron chi connectivity index (χ1n) is 6.89. The molecule has 2 atom stereocenters. The van der Waals surface area contributed by atoms with Gasteiger partial charge in [0, 0.05) is 28.2 Å². The summed E-state index contributed by atoms with van der Waals surface area (Å²) in [5.41, 5.74) is 2.07. The average Bonchev–Trinajstić information content (AvgIpc) is 2.47. The number of phenolic OH excluding ortho intramolecular Hbond substituents is 1. The summed E-state index contributed by atoms with van der Waals surface area (Å²) in [4.78, 5) is 0. The van der Waals surface area contributed by atoms with Crippen molar-refractivity contribution in [1.29, 1.82) is 0 Å². The molecular formula is C17H20BrNO2. The quantitative estimate of drug-likeness (QED) is 0.830. The van der Waals surface area contributed by atoms with Gasteiger partial charge < -0.3 is 15.2 Å². The summed E-state index contributed by atoms with van der Waals surface area (Å²) < 4.78 is 6.18. The summed E-state index contributed by atoms with van der Waals surface area (Å²) in [5.74, 6) is 0.904. The van der Waals surface area contributed by atoms with Gasteiger partial charge in [-0.15, -0.1) is 0 Å². The van der Waals surface area contributed by atoms with Crippen molar-refractivity contribution in [2.24, 2.45) is 0 Å². The molecule has 2 rings (SSSR count). The molecule has 0 aromatic heterocycles. The molecule has 0 aliphatic rings. The first-order valence-corrected chi connectivity index (χ1v) is 7.69. The van der Waals surface area contributed by atoms with E-state index < -0.39 is 0 Å². The number of methoxy groups -OCH3 is 1. The predicted molar refractivity (Wildman–Crippen MR) is 88.8 cm³/mol. The van der Waals surface area contributed by atoms with Crippen LogP contribution in [0.15, 0.2) is 46.9 Å². The zero-order valence-electron chi connectivity index (χ0n) is 12.4. The molecule has 2 aromatic carbocycles. The van der Waals surface area contributed by atoms with Crippen LogP contribution >= 0.6 is 15.9 Å². The van der Waals surface area contributed by atoms with Gasteiger partial charge in [0.2, 0.25) is 0 Å². The number of nitrogens with one attached hydrogen (secondary N) is 1. The fourth-order valence-electron chi connectivity index (χ4n) is 2.33. The van der Waals surface area contributed by atoms with Crippen LogP contribution in [0.25, 0.3) is 0 Å². The first-order chi connectivity index (χ1) is 10.0. The van der Waals surface area contributed by atoms with Crippen molar-refractivity contribution in [1.82, 2.24) is 5.32 Å². The van der Waals surface area contributed by atoms with Gasteiger partial charge in [0.05, 0.1) is 7.11 Å². The van der Waals surface area contributed by atoms with Crippen molar-refractivity contribution in [3.05, 3.63) is 58.1 Å². The van der Waals surface area contributed by atoms with Crippen molar-refractivity contribution in [3.8, 4) is 11.5 Å². The van der Waals surface area contributed by atoms with E-state index in [4.69, 9.17) is 4.74 Å². The molecule has 0 radical (unpaired) electrons. The highest BCUT2D eigenvalue weighted by molar-refractivity contribution is 9.10. The van der Waals surface area contributed by atoms with Crippen LogP contribution in [0.5, 0.6) is 11.5 Å². The number of aromatic hydroxyl groups is 1. The Morgan fingerprint density at radius 1 is 1.05 bits per heavy atom. The minimum absolute atomic E-state index is 0.0366. The van der Waals surface area contributed by atoms with Gasteiger partial charge in [0.25, 0.3) is 0 Å². The van der Waals surface area contributed by atoms with E-state index in [1.165, 1.54) is 5.56 Å². The summed E-state index contributed by atoms with van der Waals surface area (Å²) in [5, 5.41) is 13.6. The molecule has 0 saturated carbocycles. The van der Waals surface area contributed by atoms with Crippen molar-refractivity contribution in [2.45, 2.75) is 25.9 Å². The molecule has 0 aliphatic heterocycles. The van der Waals surface area contributed by atoms with E-state index in [0.717, 1.165) is 10.0 Å². The lowest BCUT2D eigenvalue weighted by Crippen LogP contribution is -2.22. The smallest absolute Gasteiger partial charge is 0.124 e. The molecule has 4 heteroatoms. The Hall–Kier alpha value is -1.52. The van der Waals surface area contributed by atoms with Crippen molar-refractivity contribution < 1.29 is 9.84 Å². The second-order valence-electron chi connectivity index (χ2n) is 5.09. The molecule has 0 aliphatic carbocycles. The highest BCUT2D eigenvalue weighted by Crippen LogP contribution is 2.30. The van der Waals surface area contributed by atoms with E-state index in [0.29, 0.717) is 5.75 Å². The van der Waals surface area contributed by atoms with Gasteiger partial charge in [-0.25, -0.2) is 0 Å². The van der Waals surface area contributed by atoms with Gasteiger partial charge in [-0.3, -0.25) is 0 Å². The molecule has 0 spiro atoms. The van der Waals surface area contributed by atoms with Crippen molar-refractivity contribution >= 4 is 15.9 Å². The lowest BCUT2D eigenvalue weighted by Gasteiger charge is -2.21. The third-order valence-corrected chi connectivity index (χ3v) is 4.10. The van der Waals surface area contributed by atoms with Crippen LogP contribution in [0.4, 0.5) is 0 Å². The molecular weight excluding hydrogens is 330 g/mol. The third kappa shape index (κ3) is 3.99. The lowest BCUT2D eigenvalue weighted by molar-refractivity contribution is 0.402. The van der Waals surface area contributed by atoms with Gasteiger partial charge in [-0.05, 0) is 37.6 Å². The summed E-state index contributed by atoms with van der Waals surface area (Å²) in [6.07, 6.45) is 0. The number of hydrogen-bond donors (Lipinski definition) is 2. The minimum atomic E-state index is 0.0366. The SMILES string of the molecule is COc1ccc(C(C)N[C@H](C)c2ccc(Br)cc2)c(O)c1. The molecule has 112 valence electrons. The minimum Gasteiger partial charge on any atom is -0.507 e. The summed E-state index contributed by atoms with van der Waals surface area (Å²) in [7, 11) is 1.59. The van der Waals surface area contributed by atoms with Crippen LogP contribution in [0, 0.1) is 0 Å². The summed E-state index contributed by atoms with van der Waals surface area (Å²) >= 11 is 3.44. The summed E-state index contributed by atoms with van der Waals surface area (Å²) in [6.45, 7) is 4.15. The molecule has 3 nitrogen and oxygen atoms in total. The molecule has 0 bridgehead atoms. The van der Waals surface area contributed by atoms with Gasteiger partial charge in [0.15, 0.2) is 0 Å². The monoisotopic (exact) mass is 349 g/mol. The number of phenols is 1. The second kappa shape index (κ2) is 6.96. The van der Waals surface area contributed by atoms with Crippen molar-refractivity contribution in [3.63, 3.8) is 0 Å². The second-order valence-corrected chi connectivity index (χ2v) is 6.00. The van der Waals surface area contributed by atoms with E-state index in [1.807, 2.05) is 31.2 Å². The maximum atomic E-state index is 10.1. The Morgan fingerprint density at radius 3 is 2.29 bits per heavy atom. The fourth-order valence-corrected chi connectivity index (χ4v) is 2.59. The molecule has 1 unspecified atom stereocenters. The van der Waals surface area contributed by atoms with E-state index in [9.17, 15) is 5.11 Å². The number of benzene rings is 2. The Labute approximate surface area is 134 Å². The molecule has 0 fully saturated rings. The van der Waals surface area contributed by atoms with Crippen LogP contribution in [-0.2, 0) is 0 Å². The lowest BCUT2D eigenvalue weighted by atomic mass is 10.0. The number of halogens is 1. The molecule has 21 heavy (non-hydrogen) atoms. The van der Waals surface area contributed by atoms with Crippen LogP contribution < -0.4 is 10.1 Å². The normalized spacial score (nSPS) is 13.7. The number of hydrogen-bond acceptors (Lipinski definition) is 3. The maximum absolute atomic E-state index is 10.1. The van der Waals surface area contributed by atoms with Gasteiger partial charge in [-0.1, -0.05) is 34.1 Å². The van der Waals surface area contributed by atoms with Gasteiger partial charge >= 0.3 is 0 Å². The van der Waals surface area contributed by atoms with Crippen LogP contribution in [0.1, 0.15) is 37.1 Å². The standard InChI is InChI=1S/C17H20BrNO2/c1-11(13-4-6-14(18)7-5-13)19-12(2)16-9-8-15(21-3)10-17(16)20/h4-12,19-20H,1-3H3/t11-,12?/m1/s1. The van der Waals surface area contributed by atoms with Crippen molar-refractivity contribution in [2.75, 3.05) is 7.11 Å². The third-order valence-electron chi connectivity index (χ3n) is 3.57. The topological polar surface area (TPSA) is 41.5 Å². The van der Waals surface area contributed by atoms with Gasteiger partial charge in [-0.2, -0.15) is 0 Å². The average molecular weight is 350 g/mol. The molecule has 2 N–H and O–H groups in total. The van der Waals surface area contributed by atoms with Gasteiger partial charge in [0.1, 0.15) is 11.5 Å². The number of ether oxygens (including phenoxy) is 1.